The summed E-state index contributed by atoms with van der Waals surface area (Å²) in [6, 6.07) is 12.4. The molecule has 0 saturated carbocycles. The number of nitrogens with one attached hydrogen (secondary N) is 1. The van der Waals surface area contributed by atoms with Gasteiger partial charge in [-0.25, -0.2) is 0 Å². The largest absolute Gasteiger partial charge is 0.340 e. The molecule has 3 heterocycles. The number of H-pyrrole nitrogens is 1. The van der Waals surface area contributed by atoms with E-state index < -0.39 is 0 Å². The van der Waals surface area contributed by atoms with Crippen LogP contribution in [0.4, 0.5) is 0 Å². The molecular weight excluding hydrogens is 300 g/mol. The lowest BCUT2D eigenvalue weighted by Gasteiger charge is -2.32. The van der Waals surface area contributed by atoms with Crippen LogP contribution in [0.3, 0.4) is 0 Å². The zero-order valence-electron chi connectivity index (χ0n) is 13.9. The molecule has 5 nitrogen and oxygen atoms in total. The van der Waals surface area contributed by atoms with Crippen LogP contribution in [0, 0.1) is 6.92 Å². The maximum atomic E-state index is 12.9. The number of carbonyl (C=O) groups excluding carboxylic acids is 1. The fraction of sp³-hybridized carbons (Fsp3) is 0.368. The monoisotopic (exact) mass is 322 g/mol. The van der Waals surface area contributed by atoms with Crippen LogP contribution < -0.4 is 0 Å². The molecule has 1 saturated heterocycles. The van der Waals surface area contributed by atoms with Crippen LogP contribution in [0.1, 0.15) is 30.1 Å². The van der Waals surface area contributed by atoms with E-state index in [9.17, 15) is 4.79 Å². The first-order valence-corrected chi connectivity index (χ1v) is 8.54. The Balaban J connectivity index is 1.52. The van der Waals surface area contributed by atoms with Gasteiger partial charge in [0.25, 0.3) is 0 Å². The minimum Gasteiger partial charge on any atom is -0.340 e. The minimum absolute atomic E-state index is 0.198. The minimum atomic E-state index is 0.198. The fourth-order valence-electron chi connectivity index (χ4n) is 3.75. The predicted molar refractivity (Wildman–Crippen MR) is 93.8 cm³/mol. The number of carbonyl (C=O) groups is 1. The summed E-state index contributed by atoms with van der Waals surface area (Å²) in [5.41, 5.74) is 3.40. The molecule has 0 bridgehead atoms. The van der Waals surface area contributed by atoms with Crippen molar-refractivity contribution >= 4 is 16.8 Å². The molecule has 0 aliphatic carbocycles. The zero-order valence-corrected chi connectivity index (χ0v) is 13.9. The molecule has 5 heteroatoms. The number of aromatic amines is 1. The van der Waals surface area contributed by atoms with E-state index in [2.05, 4.69) is 39.9 Å². The summed E-state index contributed by atoms with van der Waals surface area (Å²) in [7, 11) is 0. The number of aromatic nitrogens is 3. The van der Waals surface area contributed by atoms with Crippen molar-refractivity contribution in [2.45, 2.75) is 32.2 Å². The number of fused-ring (bicyclic) bond motifs is 1. The van der Waals surface area contributed by atoms with Crippen molar-refractivity contribution in [1.29, 1.82) is 0 Å². The third kappa shape index (κ3) is 2.70. The molecule has 1 unspecified atom stereocenters. The molecule has 0 spiro atoms. The maximum absolute atomic E-state index is 12.9. The zero-order chi connectivity index (χ0) is 16.5. The summed E-state index contributed by atoms with van der Waals surface area (Å²) in [4.78, 5) is 14.9. The van der Waals surface area contributed by atoms with E-state index in [1.165, 1.54) is 5.39 Å². The number of amides is 1. The van der Waals surface area contributed by atoms with Crippen LogP contribution in [0.5, 0.6) is 0 Å². The summed E-state index contributed by atoms with van der Waals surface area (Å²) in [5.74, 6) is 0.566. The quantitative estimate of drug-likeness (QED) is 0.805. The smallest absolute Gasteiger partial charge is 0.242 e. The van der Waals surface area contributed by atoms with Crippen LogP contribution in [0.25, 0.3) is 10.9 Å². The van der Waals surface area contributed by atoms with Gasteiger partial charge >= 0.3 is 0 Å². The second-order valence-electron chi connectivity index (χ2n) is 6.62. The molecule has 1 aliphatic rings. The Labute approximate surface area is 141 Å². The maximum Gasteiger partial charge on any atom is 0.242 e. The third-order valence-electron chi connectivity index (χ3n) is 5.05. The number of rotatable bonds is 3. The Hall–Kier alpha value is -2.56. The van der Waals surface area contributed by atoms with Crippen LogP contribution in [-0.2, 0) is 11.3 Å². The number of benzene rings is 1. The van der Waals surface area contributed by atoms with Crippen molar-refractivity contribution < 1.29 is 4.79 Å². The fourth-order valence-corrected chi connectivity index (χ4v) is 3.75. The molecule has 1 fully saturated rings. The molecule has 1 N–H and O–H groups in total. The van der Waals surface area contributed by atoms with Crippen LogP contribution in [-0.4, -0.2) is 38.7 Å². The summed E-state index contributed by atoms with van der Waals surface area (Å²) >= 11 is 0. The summed E-state index contributed by atoms with van der Waals surface area (Å²) in [5, 5.41) is 8.28. The van der Waals surface area contributed by atoms with Gasteiger partial charge in [-0.1, -0.05) is 18.2 Å². The summed E-state index contributed by atoms with van der Waals surface area (Å²) < 4.78 is 2.12. The third-order valence-corrected chi connectivity index (χ3v) is 5.05. The van der Waals surface area contributed by atoms with Crippen molar-refractivity contribution in [3.8, 4) is 0 Å². The van der Waals surface area contributed by atoms with Crippen molar-refractivity contribution in [2.24, 2.45) is 0 Å². The number of aryl methyl sites for hydroxylation is 1. The Bertz CT molecular complexity index is 850. The highest BCUT2D eigenvalue weighted by atomic mass is 16.2. The molecule has 1 amide bonds. The number of nitrogens with zero attached hydrogens (tertiary/aromatic N) is 3. The molecule has 0 radical (unpaired) electrons. The Morgan fingerprint density at radius 2 is 2.21 bits per heavy atom. The van der Waals surface area contributed by atoms with Gasteiger partial charge in [-0.15, -0.1) is 0 Å². The highest BCUT2D eigenvalue weighted by molar-refractivity contribution is 5.84. The Morgan fingerprint density at radius 3 is 3.04 bits per heavy atom. The molecule has 124 valence electrons. The van der Waals surface area contributed by atoms with Gasteiger partial charge in [0.2, 0.25) is 5.91 Å². The molecule has 1 aliphatic heterocycles. The van der Waals surface area contributed by atoms with Gasteiger partial charge in [-0.2, -0.15) is 5.10 Å². The molecule has 3 aromatic rings. The average molecular weight is 322 g/mol. The van der Waals surface area contributed by atoms with Gasteiger partial charge in [0.05, 0.1) is 0 Å². The highest BCUT2D eigenvalue weighted by Crippen LogP contribution is 2.26. The van der Waals surface area contributed by atoms with E-state index in [1.54, 1.807) is 6.20 Å². The van der Waals surface area contributed by atoms with Gasteiger partial charge in [0.15, 0.2) is 0 Å². The van der Waals surface area contributed by atoms with Crippen molar-refractivity contribution in [1.82, 2.24) is 19.7 Å². The lowest BCUT2D eigenvalue weighted by molar-refractivity contribution is -0.133. The van der Waals surface area contributed by atoms with E-state index in [4.69, 9.17) is 0 Å². The first-order valence-electron chi connectivity index (χ1n) is 8.54. The number of hydrogen-bond acceptors (Lipinski definition) is 2. The number of likely N-dealkylation sites (tertiary alicyclic amines) is 1. The Morgan fingerprint density at radius 1 is 1.33 bits per heavy atom. The van der Waals surface area contributed by atoms with Gasteiger partial charge in [-0.05, 0) is 43.4 Å². The normalized spacial score (nSPS) is 18.2. The van der Waals surface area contributed by atoms with E-state index in [-0.39, 0.29) is 5.91 Å². The number of para-hydroxylation sites is 1. The molecule has 1 aromatic carbocycles. The molecule has 4 rings (SSSR count). The first-order chi connectivity index (χ1) is 11.7. The highest BCUT2D eigenvalue weighted by Gasteiger charge is 2.26. The van der Waals surface area contributed by atoms with E-state index >= 15 is 0 Å². The Kier molecular flexibility index (Phi) is 3.84. The van der Waals surface area contributed by atoms with Crippen molar-refractivity contribution in [3.63, 3.8) is 0 Å². The van der Waals surface area contributed by atoms with Crippen LogP contribution in [0.15, 0.2) is 42.6 Å². The second kappa shape index (κ2) is 6.15. The molecular formula is C19H22N4O. The summed E-state index contributed by atoms with van der Waals surface area (Å²) in [6.07, 6.45) is 3.93. The van der Waals surface area contributed by atoms with Crippen molar-refractivity contribution in [3.05, 3.63) is 54.0 Å². The lowest BCUT2D eigenvalue weighted by Crippen LogP contribution is -2.41. The van der Waals surface area contributed by atoms with E-state index in [0.29, 0.717) is 12.5 Å². The summed E-state index contributed by atoms with van der Waals surface area (Å²) in [6.45, 7) is 4.10. The van der Waals surface area contributed by atoms with Crippen molar-refractivity contribution in [2.75, 3.05) is 13.1 Å². The molecule has 1 atom stereocenters. The van der Waals surface area contributed by atoms with Gasteiger partial charge in [0, 0.05) is 42.1 Å². The van der Waals surface area contributed by atoms with Gasteiger partial charge in [0.1, 0.15) is 6.54 Å². The predicted octanol–water partition coefficient (Wildman–Crippen LogP) is 3.08. The van der Waals surface area contributed by atoms with Crippen LogP contribution in [0.2, 0.25) is 0 Å². The van der Waals surface area contributed by atoms with Gasteiger partial charge in [-0.3, -0.25) is 9.89 Å². The lowest BCUT2D eigenvalue weighted by atomic mass is 9.95. The topological polar surface area (TPSA) is 53.9 Å². The average Bonchev–Trinajstić information content (AvgIpc) is 3.24. The second-order valence-corrected chi connectivity index (χ2v) is 6.62. The molecule has 24 heavy (non-hydrogen) atoms. The van der Waals surface area contributed by atoms with E-state index in [0.717, 1.165) is 42.8 Å². The SMILES string of the molecule is Cc1cc2ccccc2n1CC(=O)N1CCCC(c2ccn[nH]2)C1. The first kappa shape index (κ1) is 15.0. The number of piperidine rings is 1. The van der Waals surface area contributed by atoms with Crippen LogP contribution >= 0.6 is 0 Å². The molecule has 2 aromatic heterocycles. The standard InChI is InChI=1S/C19H22N4O/c1-14-11-15-5-2-3-7-18(15)23(14)13-19(24)22-10-4-6-16(12-22)17-8-9-20-21-17/h2-3,5,7-9,11,16H,4,6,10,12-13H2,1H3,(H,20,21). The van der Waals surface area contributed by atoms with Gasteiger partial charge < -0.3 is 9.47 Å². The van der Waals surface area contributed by atoms with E-state index in [1.807, 2.05) is 23.1 Å². The number of hydrogen-bond donors (Lipinski definition) is 1.